The molecule has 0 saturated heterocycles. The van der Waals surface area contributed by atoms with Crippen molar-refractivity contribution in [3.8, 4) is 0 Å². The van der Waals surface area contributed by atoms with Crippen molar-refractivity contribution in [2.24, 2.45) is 11.7 Å². The van der Waals surface area contributed by atoms with Crippen molar-refractivity contribution in [3.63, 3.8) is 0 Å². The minimum atomic E-state index is 0.166. The van der Waals surface area contributed by atoms with E-state index in [1.54, 1.807) is 6.20 Å². The highest BCUT2D eigenvalue weighted by Crippen LogP contribution is 2.11. The average molecular weight is 222 g/mol. The molecule has 1 heterocycles. The van der Waals surface area contributed by atoms with E-state index in [0.717, 1.165) is 25.1 Å². The van der Waals surface area contributed by atoms with E-state index in [2.05, 4.69) is 29.1 Å². The fourth-order valence-electron chi connectivity index (χ4n) is 1.80. The molecule has 0 spiro atoms. The van der Waals surface area contributed by atoms with Crippen LogP contribution in [0.1, 0.15) is 32.4 Å². The number of rotatable bonds is 6. The maximum atomic E-state index is 6.11. The number of anilines is 1. The van der Waals surface area contributed by atoms with Crippen LogP contribution < -0.4 is 11.1 Å². The van der Waals surface area contributed by atoms with E-state index in [0.29, 0.717) is 11.9 Å². The van der Waals surface area contributed by atoms with Crippen LogP contribution in [0.4, 0.5) is 5.95 Å². The first-order chi connectivity index (χ1) is 7.67. The molecule has 1 aromatic rings. The van der Waals surface area contributed by atoms with Crippen molar-refractivity contribution in [3.05, 3.63) is 18.0 Å². The second-order valence-electron chi connectivity index (χ2n) is 4.14. The Bertz CT molecular complexity index is 310. The molecular weight excluding hydrogens is 200 g/mol. The Morgan fingerprint density at radius 1 is 1.38 bits per heavy atom. The quantitative estimate of drug-likeness (QED) is 0.772. The van der Waals surface area contributed by atoms with Gasteiger partial charge in [-0.1, -0.05) is 26.7 Å². The molecule has 16 heavy (non-hydrogen) atoms. The van der Waals surface area contributed by atoms with E-state index < -0.39 is 0 Å². The summed E-state index contributed by atoms with van der Waals surface area (Å²) in [6, 6.07) is 2.05. The topological polar surface area (TPSA) is 63.8 Å². The lowest BCUT2D eigenvalue weighted by molar-refractivity contribution is 0.407. The van der Waals surface area contributed by atoms with E-state index in [1.807, 2.05) is 13.0 Å². The highest BCUT2D eigenvalue weighted by Gasteiger charge is 2.13. The number of nitrogens with one attached hydrogen (secondary N) is 1. The molecule has 0 aliphatic carbocycles. The first kappa shape index (κ1) is 12.9. The van der Waals surface area contributed by atoms with Crippen LogP contribution >= 0.6 is 0 Å². The fraction of sp³-hybridized carbons (Fsp3) is 0.667. The molecule has 1 atom stereocenters. The van der Waals surface area contributed by atoms with Crippen molar-refractivity contribution in [1.82, 2.24) is 9.97 Å². The van der Waals surface area contributed by atoms with Crippen LogP contribution in [0.25, 0.3) is 0 Å². The minimum absolute atomic E-state index is 0.166. The highest BCUT2D eigenvalue weighted by molar-refractivity contribution is 5.24. The van der Waals surface area contributed by atoms with Gasteiger partial charge in [-0.3, -0.25) is 0 Å². The molecule has 0 saturated carbocycles. The van der Waals surface area contributed by atoms with Crippen LogP contribution in [0.2, 0.25) is 0 Å². The fourth-order valence-corrected chi connectivity index (χ4v) is 1.80. The van der Waals surface area contributed by atoms with Gasteiger partial charge in [-0.25, -0.2) is 9.97 Å². The Labute approximate surface area is 97.7 Å². The summed E-state index contributed by atoms with van der Waals surface area (Å²) >= 11 is 0. The zero-order chi connectivity index (χ0) is 12.0. The van der Waals surface area contributed by atoms with E-state index in [4.69, 9.17) is 5.73 Å². The number of hydrogen-bond donors (Lipinski definition) is 2. The molecule has 4 heteroatoms. The van der Waals surface area contributed by atoms with Gasteiger partial charge in [-0.05, 0) is 18.9 Å². The SMILES string of the molecule is CCC(CC)C(N)CNc1nccc(C)n1. The summed E-state index contributed by atoms with van der Waals surface area (Å²) < 4.78 is 0. The molecule has 4 nitrogen and oxygen atoms in total. The van der Waals surface area contributed by atoms with Crippen molar-refractivity contribution in [2.45, 2.75) is 39.7 Å². The Hall–Kier alpha value is -1.16. The summed E-state index contributed by atoms with van der Waals surface area (Å²) in [6.07, 6.45) is 4.00. The van der Waals surface area contributed by atoms with Gasteiger partial charge in [0, 0.05) is 24.5 Å². The van der Waals surface area contributed by atoms with Gasteiger partial charge in [0.05, 0.1) is 0 Å². The van der Waals surface area contributed by atoms with Gasteiger partial charge in [0.15, 0.2) is 0 Å². The molecule has 3 N–H and O–H groups in total. The van der Waals surface area contributed by atoms with Crippen LogP contribution in [0.15, 0.2) is 12.3 Å². The van der Waals surface area contributed by atoms with Crippen molar-refractivity contribution >= 4 is 5.95 Å². The first-order valence-electron chi connectivity index (χ1n) is 5.96. The van der Waals surface area contributed by atoms with Crippen molar-refractivity contribution in [2.75, 3.05) is 11.9 Å². The number of nitrogens with two attached hydrogens (primary N) is 1. The lowest BCUT2D eigenvalue weighted by Gasteiger charge is -2.21. The van der Waals surface area contributed by atoms with Gasteiger partial charge >= 0.3 is 0 Å². The summed E-state index contributed by atoms with van der Waals surface area (Å²) in [7, 11) is 0. The Kier molecular flexibility index (Phi) is 5.19. The van der Waals surface area contributed by atoms with Crippen LogP contribution in [0, 0.1) is 12.8 Å². The summed E-state index contributed by atoms with van der Waals surface area (Å²) in [5.74, 6) is 1.23. The molecule has 0 bridgehead atoms. The first-order valence-corrected chi connectivity index (χ1v) is 5.96. The zero-order valence-electron chi connectivity index (χ0n) is 10.4. The molecule has 0 aliphatic rings. The normalized spacial score (nSPS) is 12.8. The van der Waals surface area contributed by atoms with Gasteiger partial charge in [0.25, 0.3) is 0 Å². The largest absolute Gasteiger partial charge is 0.353 e. The maximum absolute atomic E-state index is 6.11. The lowest BCUT2D eigenvalue weighted by atomic mass is 9.95. The number of hydrogen-bond acceptors (Lipinski definition) is 4. The molecule has 0 aliphatic heterocycles. The number of aryl methyl sites for hydroxylation is 1. The van der Waals surface area contributed by atoms with Crippen molar-refractivity contribution in [1.29, 1.82) is 0 Å². The molecular formula is C12H22N4. The van der Waals surface area contributed by atoms with E-state index >= 15 is 0 Å². The Balaban J connectivity index is 2.45. The predicted octanol–water partition coefficient (Wildman–Crippen LogP) is 1.96. The van der Waals surface area contributed by atoms with Gasteiger partial charge in [-0.2, -0.15) is 0 Å². The van der Waals surface area contributed by atoms with Gasteiger partial charge in [0.1, 0.15) is 0 Å². The lowest BCUT2D eigenvalue weighted by Crippen LogP contribution is -2.36. The van der Waals surface area contributed by atoms with Crippen LogP contribution in [-0.2, 0) is 0 Å². The predicted molar refractivity (Wildman–Crippen MR) is 67.3 cm³/mol. The average Bonchev–Trinajstić information content (AvgIpc) is 2.28. The van der Waals surface area contributed by atoms with E-state index in [9.17, 15) is 0 Å². The molecule has 0 radical (unpaired) electrons. The van der Waals surface area contributed by atoms with Gasteiger partial charge in [-0.15, -0.1) is 0 Å². The monoisotopic (exact) mass is 222 g/mol. The summed E-state index contributed by atoms with van der Waals surface area (Å²) in [4.78, 5) is 8.42. The summed E-state index contributed by atoms with van der Waals surface area (Å²) in [6.45, 7) is 7.04. The van der Waals surface area contributed by atoms with Crippen LogP contribution in [0.3, 0.4) is 0 Å². The van der Waals surface area contributed by atoms with Crippen molar-refractivity contribution < 1.29 is 0 Å². The Morgan fingerprint density at radius 3 is 2.62 bits per heavy atom. The van der Waals surface area contributed by atoms with Gasteiger partial charge in [0.2, 0.25) is 5.95 Å². The smallest absolute Gasteiger partial charge is 0.222 e. The minimum Gasteiger partial charge on any atom is -0.353 e. The molecule has 1 aromatic heterocycles. The summed E-state index contributed by atoms with van der Waals surface area (Å²) in [5.41, 5.74) is 7.07. The summed E-state index contributed by atoms with van der Waals surface area (Å²) in [5, 5.41) is 3.19. The third-order valence-electron chi connectivity index (χ3n) is 2.94. The van der Waals surface area contributed by atoms with Gasteiger partial charge < -0.3 is 11.1 Å². The van der Waals surface area contributed by atoms with Crippen LogP contribution in [-0.4, -0.2) is 22.6 Å². The highest BCUT2D eigenvalue weighted by atomic mass is 15.1. The molecule has 0 amide bonds. The molecule has 1 unspecified atom stereocenters. The Morgan fingerprint density at radius 2 is 2.06 bits per heavy atom. The third kappa shape index (κ3) is 3.77. The molecule has 0 aromatic carbocycles. The van der Waals surface area contributed by atoms with Crippen LogP contribution in [0.5, 0.6) is 0 Å². The maximum Gasteiger partial charge on any atom is 0.222 e. The zero-order valence-corrected chi connectivity index (χ0v) is 10.4. The standard InChI is InChI=1S/C12H22N4/c1-4-10(5-2)11(13)8-15-12-14-7-6-9(3)16-12/h6-7,10-11H,4-5,8,13H2,1-3H3,(H,14,15,16). The number of aromatic nitrogens is 2. The van der Waals surface area contributed by atoms with E-state index in [-0.39, 0.29) is 6.04 Å². The molecule has 90 valence electrons. The molecule has 1 rings (SSSR count). The second kappa shape index (κ2) is 6.43. The number of nitrogens with zero attached hydrogens (tertiary/aromatic N) is 2. The second-order valence-corrected chi connectivity index (χ2v) is 4.14. The third-order valence-corrected chi connectivity index (χ3v) is 2.94. The van der Waals surface area contributed by atoms with E-state index in [1.165, 1.54) is 0 Å². The molecule has 0 fully saturated rings.